The number of ketones is 1. The van der Waals surface area contributed by atoms with Gasteiger partial charge in [-0.2, -0.15) is 0 Å². The van der Waals surface area contributed by atoms with Gasteiger partial charge in [0, 0.05) is 18.6 Å². The van der Waals surface area contributed by atoms with Crippen LogP contribution in [0.3, 0.4) is 0 Å². The van der Waals surface area contributed by atoms with Crippen molar-refractivity contribution < 1.29 is 27.8 Å². The van der Waals surface area contributed by atoms with Crippen LogP contribution in [0.1, 0.15) is 30.9 Å². The van der Waals surface area contributed by atoms with Gasteiger partial charge in [0.2, 0.25) is 0 Å². The first kappa shape index (κ1) is 19.6. The number of fused-ring (bicyclic) bond motifs is 1. The van der Waals surface area contributed by atoms with Crippen molar-refractivity contribution in [3.63, 3.8) is 0 Å². The number of allylic oxidation sites excluding steroid dienone is 1. The van der Waals surface area contributed by atoms with Crippen molar-refractivity contribution in [2.75, 3.05) is 6.79 Å². The van der Waals surface area contributed by atoms with Crippen LogP contribution in [0.5, 0.6) is 5.75 Å². The average Bonchev–Trinajstić information content (AvgIpc) is 3.14. The lowest BCUT2D eigenvalue weighted by atomic mass is 9.76. The molecule has 1 aliphatic heterocycles. The number of hydrogen-bond acceptors (Lipinski definition) is 4. The first-order valence-corrected chi connectivity index (χ1v) is 9.64. The van der Waals surface area contributed by atoms with Gasteiger partial charge in [-0.1, -0.05) is 37.3 Å². The zero-order chi connectivity index (χ0) is 20.4. The van der Waals surface area contributed by atoms with E-state index in [0.717, 1.165) is 11.6 Å². The van der Waals surface area contributed by atoms with E-state index < -0.39 is 17.2 Å². The van der Waals surface area contributed by atoms with E-state index >= 15 is 0 Å². The summed E-state index contributed by atoms with van der Waals surface area (Å²) in [5.74, 6) is -0.982. The van der Waals surface area contributed by atoms with Gasteiger partial charge in [0.1, 0.15) is 23.8 Å². The Morgan fingerprint density at radius 1 is 1.17 bits per heavy atom. The summed E-state index contributed by atoms with van der Waals surface area (Å²) in [6.45, 7) is 2.12. The van der Waals surface area contributed by atoms with Crippen molar-refractivity contribution in [3.05, 3.63) is 77.1 Å². The van der Waals surface area contributed by atoms with Crippen molar-refractivity contribution >= 4 is 5.78 Å². The molecule has 0 N–H and O–H groups in total. The van der Waals surface area contributed by atoms with Crippen LogP contribution in [0.4, 0.5) is 8.78 Å². The Balaban J connectivity index is 1.50. The largest absolute Gasteiger partial charge is 0.486 e. The highest BCUT2D eigenvalue weighted by molar-refractivity contribution is 5.91. The normalized spacial score (nSPS) is 21.9. The molecule has 2 atom stereocenters. The zero-order valence-electron chi connectivity index (χ0n) is 16.1. The molecule has 6 heteroatoms. The second-order valence-corrected chi connectivity index (χ2v) is 7.52. The number of ether oxygens (including phenoxy) is 3. The molecule has 1 heterocycles. The van der Waals surface area contributed by atoms with E-state index in [1.807, 2.05) is 37.3 Å². The highest BCUT2D eigenvalue weighted by Crippen LogP contribution is 2.44. The Labute approximate surface area is 168 Å². The lowest BCUT2D eigenvalue weighted by Crippen LogP contribution is -2.41. The zero-order valence-corrected chi connectivity index (χ0v) is 16.1. The molecule has 1 fully saturated rings. The molecular formula is C23H22F2O4. The molecule has 29 heavy (non-hydrogen) atoms. The standard InChI is InChI=1S/C23H22F2O4/c1-15(23-8-7-18(26)11-22(23)28-14-29-23)9-17-10-20(25)21(12-19(17)24)27-13-16-5-3-2-4-6-16/h2-6,10-12,15H,7-9,13-14H2,1H3/t15-,23-/m1/s1. The third kappa shape index (κ3) is 3.90. The van der Waals surface area contributed by atoms with Gasteiger partial charge >= 0.3 is 0 Å². The van der Waals surface area contributed by atoms with E-state index in [-0.39, 0.29) is 42.8 Å². The van der Waals surface area contributed by atoms with Crippen molar-refractivity contribution in [1.82, 2.24) is 0 Å². The lowest BCUT2D eigenvalue weighted by Gasteiger charge is -2.35. The number of carbonyl (C=O) groups excluding carboxylic acids is 1. The number of rotatable bonds is 6. The number of carbonyl (C=O) groups is 1. The Morgan fingerprint density at radius 3 is 2.76 bits per heavy atom. The molecule has 1 aliphatic carbocycles. The highest BCUT2D eigenvalue weighted by Gasteiger charge is 2.49. The summed E-state index contributed by atoms with van der Waals surface area (Å²) in [4.78, 5) is 11.7. The molecule has 0 unspecified atom stereocenters. The SMILES string of the molecule is C[C@H](Cc1cc(F)c(OCc2ccccc2)cc1F)[C@]12CCC(=O)C=C1OCO2. The smallest absolute Gasteiger partial charge is 0.189 e. The highest BCUT2D eigenvalue weighted by atomic mass is 19.1. The quantitative estimate of drug-likeness (QED) is 0.704. The maximum atomic E-state index is 14.7. The molecule has 0 radical (unpaired) electrons. The summed E-state index contributed by atoms with van der Waals surface area (Å²) in [6, 6.07) is 11.6. The molecular weight excluding hydrogens is 378 g/mol. The maximum Gasteiger partial charge on any atom is 0.189 e. The first-order valence-electron chi connectivity index (χ1n) is 9.64. The Bertz CT molecular complexity index is 941. The monoisotopic (exact) mass is 400 g/mol. The van der Waals surface area contributed by atoms with Crippen LogP contribution in [-0.2, 0) is 27.3 Å². The second-order valence-electron chi connectivity index (χ2n) is 7.52. The lowest BCUT2D eigenvalue weighted by molar-refractivity contribution is -0.117. The summed E-state index contributed by atoms with van der Waals surface area (Å²) < 4.78 is 46.0. The van der Waals surface area contributed by atoms with Gasteiger partial charge in [0.05, 0.1) is 0 Å². The van der Waals surface area contributed by atoms with Crippen LogP contribution in [-0.4, -0.2) is 18.2 Å². The summed E-state index contributed by atoms with van der Waals surface area (Å²) in [6.07, 6.45) is 2.53. The van der Waals surface area contributed by atoms with Gasteiger partial charge in [-0.15, -0.1) is 0 Å². The fourth-order valence-electron chi connectivity index (χ4n) is 3.98. The molecule has 0 bridgehead atoms. The number of halogens is 2. The Morgan fingerprint density at radius 2 is 1.97 bits per heavy atom. The minimum atomic E-state index is -0.765. The van der Waals surface area contributed by atoms with Crippen LogP contribution < -0.4 is 4.74 Å². The molecule has 2 aliphatic rings. The van der Waals surface area contributed by atoms with Gasteiger partial charge < -0.3 is 14.2 Å². The van der Waals surface area contributed by atoms with E-state index in [1.165, 1.54) is 12.1 Å². The van der Waals surface area contributed by atoms with Crippen LogP contribution in [0.25, 0.3) is 0 Å². The molecule has 1 saturated heterocycles. The molecule has 0 aromatic heterocycles. The van der Waals surface area contributed by atoms with E-state index in [2.05, 4.69) is 0 Å². The van der Waals surface area contributed by atoms with E-state index in [0.29, 0.717) is 18.6 Å². The van der Waals surface area contributed by atoms with E-state index in [9.17, 15) is 13.6 Å². The molecule has 2 aromatic rings. The van der Waals surface area contributed by atoms with Gasteiger partial charge in [-0.25, -0.2) is 8.78 Å². The maximum absolute atomic E-state index is 14.7. The molecule has 0 spiro atoms. The average molecular weight is 400 g/mol. The van der Waals surface area contributed by atoms with E-state index in [4.69, 9.17) is 14.2 Å². The topological polar surface area (TPSA) is 44.8 Å². The molecule has 2 aromatic carbocycles. The van der Waals surface area contributed by atoms with Gasteiger partial charge in [0.15, 0.2) is 24.1 Å². The van der Waals surface area contributed by atoms with Crippen LogP contribution in [0, 0.1) is 17.6 Å². The van der Waals surface area contributed by atoms with Crippen molar-refractivity contribution in [3.8, 4) is 5.75 Å². The minimum absolute atomic E-state index is 0.00883. The Hall–Kier alpha value is -2.73. The summed E-state index contributed by atoms with van der Waals surface area (Å²) >= 11 is 0. The van der Waals surface area contributed by atoms with Gasteiger partial charge in [-0.3, -0.25) is 4.79 Å². The molecule has 0 saturated carbocycles. The number of benzene rings is 2. The fraction of sp³-hybridized carbons (Fsp3) is 0.348. The van der Waals surface area contributed by atoms with Crippen molar-refractivity contribution in [2.45, 2.75) is 38.4 Å². The third-order valence-electron chi connectivity index (χ3n) is 5.64. The Kier molecular flexibility index (Phi) is 5.37. The van der Waals surface area contributed by atoms with Crippen LogP contribution in [0.2, 0.25) is 0 Å². The third-order valence-corrected chi connectivity index (χ3v) is 5.64. The van der Waals surface area contributed by atoms with Crippen LogP contribution in [0.15, 0.2) is 54.3 Å². The summed E-state index contributed by atoms with van der Waals surface area (Å²) in [5.41, 5.74) is 0.344. The second kappa shape index (κ2) is 7.95. The predicted octanol–water partition coefficient (Wildman–Crippen LogP) is 4.71. The molecule has 0 amide bonds. The first-order chi connectivity index (χ1) is 14.0. The summed E-state index contributed by atoms with van der Waals surface area (Å²) in [7, 11) is 0. The van der Waals surface area contributed by atoms with Crippen molar-refractivity contribution in [2.24, 2.45) is 5.92 Å². The molecule has 152 valence electrons. The van der Waals surface area contributed by atoms with Gasteiger partial charge in [-0.05, 0) is 36.0 Å². The molecule has 4 rings (SSSR count). The fourth-order valence-corrected chi connectivity index (χ4v) is 3.98. The van der Waals surface area contributed by atoms with Gasteiger partial charge in [0.25, 0.3) is 0 Å². The van der Waals surface area contributed by atoms with Crippen molar-refractivity contribution in [1.29, 1.82) is 0 Å². The minimum Gasteiger partial charge on any atom is -0.486 e. The predicted molar refractivity (Wildman–Crippen MR) is 102 cm³/mol. The van der Waals surface area contributed by atoms with E-state index in [1.54, 1.807) is 0 Å². The molecule has 4 nitrogen and oxygen atoms in total. The number of hydrogen-bond donors (Lipinski definition) is 0. The van der Waals surface area contributed by atoms with Crippen LogP contribution >= 0.6 is 0 Å². The summed E-state index contributed by atoms with van der Waals surface area (Å²) in [5, 5.41) is 0.